The van der Waals surface area contributed by atoms with E-state index < -0.39 is 0 Å². The van der Waals surface area contributed by atoms with Gasteiger partial charge in [0.05, 0.1) is 0 Å². The van der Waals surface area contributed by atoms with E-state index in [1.807, 2.05) is 4.90 Å². The molecule has 0 radical (unpaired) electrons. The summed E-state index contributed by atoms with van der Waals surface area (Å²) in [4.78, 5) is 9.81. The van der Waals surface area contributed by atoms with Gasteiger partial charge in [-0.3, -0.25) is 0 Å². The van der Waals surface area contributed by atoms with Gasteiger partial charge >= 0.3 is 0 Å². The van der Waals surface area contributed by atoms with Crippen molar-refractivity contribution in [3.05, 3.63) is 31.3 Å². The first kappa shape index (κ1) is 13.9. The lowest BCUT2D eigenvalue weighted by Gasteiger charge is -2.18. The molecule has 0 aliphatic heterocycles. The highest BCUT2D eigenvalue weighted by atomic mass is 15.2. The molecule has 16 heavy (non-hydrogen) atoms. The van der Waals surface area contributed by atoms with Crippen molar-refractivity contribution in [2.24, 2.45) is 15.3 Å². The highest BCUT2D eigenvalue weighted by Crippen LogP contribution is 1.90. The maximum Gasteiger partial charge on any atom is 0.0385 e. The van der Waals surface area contributed by atoms with E-state index in [9.17, 15) is 0 Å². The van der Waals surface area contributed by atoms with Crippen LogP contribution in [0.15, 0.2) is 15.3 Å². The molecule has 0 aromatic carbocycles. The maximum absolute atomic E-state index is 8.11. The second-order valence-electron chi connectivity index (χ2n) is 2.71. The van der Waals surface area contributed by atoms with Gasteiger partial charge in [-0.15, -0.1) is 0 Å². The van der Waals surface area contributed by atoms with Crippen LogP contribution in [0.25, 0.3) is 31.3 Å². The first-order chi connectivity index (χ1) is 7.85. The summed E-state index contributed by atoms with van der Waals surface area (Å²) in [6, 6.07) is 0. The fraction of sp³-hybridized carbons (Fsp3) is 1.00. The molecule has 0 bridgehead atoms. The Kier molecular flexibility index (Phi) is 9.52. The third-order valence-corrected chi connectivity index (χ3v) is 1.74. The number of azide groups is 3. The minimum atomic E-state index is 0.336. The van der Waals surface area contributed by atoms with Gasteiger partial charge < -0.3 is 4.90 Å². The lowest BCUT2D eigenvalue weighted by molar-refractivity contribution is 0.297. The monoisotopic (exact) mass is 224 g/mol. The predicted molar refractivity (Wildman–Crippen MR) is 58.5 cm³/mol. The van der Waals surface area contributed by atoms with Crippen LogP contribution in [0.5, 0.6) is 0 Å². The smallest absolute Gasteiger partial charge is 0.0385 e. The molecule has 0 atom stereocenters. The minimum Gasteiger partial charge on any atom is -0.303 e. The maximum atomic E-state index is 8.11. The molecule has 0 unspecified atom stereocenters. The summed E-state index contributed by atoms with van der Waals surface area (Å²) < 4.78 is 0. The summed E-state index contributed by atoms with van der Waals surface area (Å²) >= 11 is 0. The molecule has 0 saturated carbocycles. The Labute approximate surface area is 91.7 Å². The molecule has 0 amide bonds. The fourth-order valence-corrected chi connectivity index (χ4v) is 1.03. The summed E-state index contributed by atoms with van der Waals surface area (Å²) in [7, 11) is 0. The molecule has 0 fully saturated rings. The van der Waals surface area contributed by atoms with Gasteiger partial charge in [0.1, 0.15) is 0 Å². The van der Waals surface area contributed by atoms with Crippen molar-refractivity contribution >= 4 is 0 Å². The van der Waals surface area contributed by atoms with Gasteiger partial charge in [-0.25, -0.2) is 0 Å². The zero-order valence-corrected chi connectivity index (χ0v) is 8.71. The van der Waals surface area contributed by atoms with E-state index in [1.54, 1.807) is 0 Å². The van der Waals surface area contributed by atoms with Crippen LogP contribution in [-0.2, 0) is 0 Å². The average molecular weight is 224 g/mol. The average Bonchev–Trinajstić information content (AvgIpc) is 2.29. The molecule has 0 aromatic heterocycles. The third kappa shape index (κ3) is 8.49. The molecule has 10 heteroatoms. The van der Waals surface area contributed by atoms with E-state index in [1.165, 1.54) is 0 Å². The molecule has 0 heterocycles. The summed E-state index contributed by atoms with van der Waals surface area (Å²) in [6.45, 7) is 2.65. The topological polar surface area (TPSA) is 150 Å². The van der Waals surface area contributed by atoms with Crippen LogP contribution in [-0.4, -0.2) is 44.2 Å². The van der Waals surface area contributed by atoms with Gasteiger partial charge in [0.25, 0.3) is 0 Å². The quantitative estimate of drug-likeness (QED) is 0.329. The van der Waals surface area contributed by atoms with E-state index in [-0.39, 0.29) is 0 Å². The molecule has 10 nitrogen and oxygen atoms in total. The molecule has 0 aromatic rings. The van der Waals surface area contributed by atoms with Crippen molar-refractivity contribution in [2.75, 3.05) is 39.3 Å². The molecule has 86 valence electrons. The number of rotatable bonds is 9. The van der Waals surface area contributed by atoms with E-state index in [0.29, 0.717) is 39.3 Å². The van der Waals surface area contributed by atoms with Crippen LogP contribution in [0, 0.1) is 0 Å². The lowest BCUT2D eigenvalue weighted by Crippen LogP contribution is -2.31. The Morgan fingerprint density at radius 2 is 1.00 bits per heavy atom. The van der Waals surface area contributed by atoms with Crippen molar-refractivity contribution in [3.63, 3.8) is 0 Å². The molecule has 0 N–H and O–H groups in total. The number of hydrogen-bond acceptors (Lipinski definition) is 4. The van der Waals surface area contributed by atoms with Gasteiger partial charge in [0.15, 0.2) is 0 Å². The molecule has 0 saturated heterocycles. The van der Waals surface area contributed by atoms with Crippen LogP contribution >= 0.6 is 0 Å². The van der Waals surface area contributed by atoms with E-state index in [0.717, 1.165) is 0 Å². The van der Waals surface area contributed by atoms with E-state index in [2.05, 4.69) is 30.1 Å². The van der Waals surface area contributed by atoms with Gasteiger partial charge in [0.2, 0.25) is 0 Å². The van der Waals surface area contributed by atoms with Crippen LogP contribution in [0.3, 0.4) is 0 Å². The molecule has 0 aliphatic rings. The lowest BCUT2D eigenvalue weighted by atomic mass is 10.4. The molecule has 0 rings (SSSR count). The van der Waals surface area contributed by atoms with Crippen molar-refractivity contribution in [2.45, 2.75) is 0 Å². The molecule has 0 spiro atoms. The zero-order chi connectivity index (χ0) is 12.1. The van der Waals surface area contributed by atoms with Crippen molar-refractivity contribution in [3.8, 4) is 0 Å². The van der Waals surface area contributed by atoms with Crippen LogP contribution in [0.1, 0.15) is 0 Å². The predicted octanol–water partition coefficient (Wildman–Crippen LogP) is 2.22. The van der Waals surface area contributed by atoms with Crippen molar-refractivity contribution in [1.82, 2.24) is 4.90 Å². The minimum absolute atomic E-state index is 0.336. The Bertz CT molecular complexity index is 266. The second-order valence-corrected chi connectivity index (χ2v) is 2.71. The number of hydrogen-bond donors (Lipinski definition) is 0. The summed E-state index contributed by atoms with van der Waals surface area (Å²) in [6.07, 6.45) is 0. The third-order valence-electron chi connectivity index (χ3n) is 1.74. The summed E-state index contributed by atoms with van der Waals surface area (Å²) in [5.74, 6) is 0. The summed E-state index contributed by atoms with van der Waals surface area (Å²) in [5, 5.41) is 10.2. The van der Waals surface area contributed by atoms with Crippen LogP contribution in [0.2, 0.25) is 0 Å². The first-order valence-electron chi connectivity index (χ1n) is 4.60. The fourth-order valence-electron chi connectivity index (χ4n) is 1.03. The van der Waals surface area contributed by atoms with Gasteiger partial charge in [-0.2, -0.15) is 0 Å². The number of nitrogens with zero attached hydrogens (tertiary/aromatic N) is 10. The van der Waals surface area contributed by atoms with Gasteiger partial charge in [-0.05, 0) is 16.6 Å². The van der Waals surface area contributed by atoms with E-state index in [4.69, 9.17) is 16.6 Å². The van der Waals surface area contributed by atoms with Gasteiger partial charge in [-0.1, -0.05) is 15.3 Å². The van der Waals surface area contributed by atoms with E-state index >= 15 is 0 Å². The molecule has 0 aliphatic carbocycles. The Morgan fingerprint density at radius 1 is 0.688 bits per heavy atom. The molecular weight excluding hydrogens is 212 g/mol. The van der Waals surface area contributed by atoms with Gasteiger partial charge in [0, 0.05) is 54.0 Å². The summed E-state index contributed by atoms with van der Waals surface area (Å²) in [5.41, 5.74) is 24.3. The van der Waals surface area contributed by atoms with Crippen LogP contribution in [0.4, 0.5) is 0 Å². The second kappa shape index (κ2) is 11.0. The highest BCUT2D eigenvalue weighted by Gasteiger charge is 2.01. The Morgan fingerprint density at radius 3 is 1.25 bits per heavy atom. The Balaban J connectivity index is 3.97. The Hall–Kier alpha value is -2.11. The standard InChI is InChI=1S/C6H12N10/c7-13-10-1-4-16(5-2-11-14-8)6-3-12-15-9/h1-6H2. The highest BCUT2D eigenvalue weighted by molar-refractivity contribution is 4.64. The first-order valence-corrected chi connectivity index (χ1v) is 4.60. The van der Waals surface area contributed by atoms with Crippen molar-refractivity contribution in [1.29, 1.82) is 0 Å². The largest absolute Gasteiger partial charge is 0.303 e. The normalized spacial score (nSPS) is 8.81. The van der Waals surface area contributed by atoms with Crippen molar-refractivity contribution < 1.29 is 0 Å². The zero-order valence-electron chi connectivity index (χ0n) is 8.71. The SMILES string of the molecule is [N-]=[N+]=NCCN(CCN=[N+]=[N-])CCN=[N+]=[N-]. The molecular formula is C6H12N10. The van der Waals surface area contributed by atoms with Crippen LogP contribution < -0.4 is 0 Å².